The first-order chi connectivity index (χ1) is 24.6. The van der Waals surface area contributed by atoms with Crippen molar-refractivity contribution in [2.75, 3.05) is 6.54 Å². The van der Waals surface area contributed by atoms with Crippen molar-refractivity contribution >= 4 is 0 Å². The molecule has 0 radical (unpaired) electrons. The fourth-order valence-corrected chi connectivity index (χ4v) is 13.3. The first-order valence-electron chi connectivity index (χ1n) is 20.8. The number of nitrogens with one attached hydrogen (secondary N) is 1. The number of allylic oxidation sites excluding steroid dienone is 15. The van der Waals surface area contributed by atoms with Gasteiger partial charge in [0.05, 0.1) is 6.04 Å². The quantitative estimate of drug-likeness (QED) is 0.294. The molecule has 8 atom stereocenters. The minimum atomic E-state index is -0.126. The molecule has 8 aliphatic carbocycles. The lowest BCUT2D eigenvalue weighted by Gasteiger charge is -2.42. The molecule has 1 aliphatic heterocycles. The minimum absolute atomic E-state index is 0.0772. The SMILES string of the molecule is CC12C3=C(C4=C(CC3)C3CC=CC=C3C43CCCCC3)C3C=CC(=CC31)C1CCCCC1CN/C(C1CC=CCC1)=C\C(N)c1ccccc12. The van der Waals surface area contributed by atoms with Crippen LogP contribution in [0.25, 0.3) is 0 Å². The van der Waals surface area contributed by atoms with E-state index in [2.05, 4.69) is 91.2 Å². The summed E-state index contributed by atoms with van der Waals surface area (Å²) in [5.74, 6) is 3.37. The second-order valence-corrected chi connectivity index (χ2v) is 17.8. The molecule has 50 heavy (non-hydrogen) atoms. The maximum atomic E-state index is 7.45. The first kappa shape index (κ1) is 31.6. The molecular weight excluding hydrogens is 605 g/mol. The summed E-state index contributed by atoms with van der Waals surface area (Å²) in [6, 6.07) is 9.31. The van der Waals surface area contributed by atoms with E-state index in [0.29, 0.717) is 35.5 Å². The van der Waals surface area contributed by atoms with E-state index >= 15 is 0 Å². The smallest absolute Gasteiger partial charge is 0.0503 e. The highest BCUT2D eigenvalue weighted by molar-refractivity contribution is 5.67. The van der Waals surface area contributed by atoms with Gasteiger partial charge in [0.25, 0.3) is 0 Å². The van der Waals surface area contributed by atoms with Gasteiger partial charge < -0.3 is 11.1 Å². The number of benzene rings is 1. The maximum Gasteiger partial charge on any atom is 0.0503 e. The summed E-state index contributed by atoms with van der Waals surface area (Å²) in [4.78, 5) is 0. The fourth-order valence-electron chi connectivity index (χ4n) is 13.3. The molecule has 0 aromatic heterocycles. The number of hydrogen-bond donors (Lipinski definition) is 2. The molecule has 1 spiro atoms. The van der Waals surface area contributed by atoms with Crippen LogP contribution in [0.3, 0.4) is 0 Å². The third kappa shape index (κ3) is 4.62. The molecule has 1 heterocycles. The lowest BCUT2D eigenvalue weighted by atomic mass is 9.62. The molecule has 10 rings (SSSR count). The predicted molar refractivity (Wildman–Crippen MR) is 207 cm³/mol. The lowest BCUT2D eigenvalue weighted by Crippen LogP contribution is -2.36. The fraction of sp³-hybridized carbons (Fsp3) is 0.542. The van der Waals surface area contributed by atoms with E-state index in [-0.39, 0.29) is 16.9 Å². The summed E-state index contributed by atoms with van der Waals surface area (Å²) in [7, 11) is 0. The van der Waals surface area contributed by atoms with Gasteiger partial charge in [-0.2, -0.15) is 0 Å². The summed E-state index contributed by atoms with van der Waals surface area (Å²) in [5.41, 5.74) is 22.5. The maximum absolute atomic E-state index is 7.45. The van der Waals surface area contributed by atoms with Crippen molar-refractivity contribution < 1.29 is 0 Å². The Hall–Kier alpha value is -3.10. The Labute approximate surface area is 301 Å². The first-order valence-corrected chi connectivity index (χ1v) is 20.8. The van der Waals surface area contributed by atoms with Crippen LogP contribution < -0.4 is 11.1 Å². The standard InChI is InChI=1S/C48H58N2/c1-47-39-20-10-9-19-37(39)43(49)29-44(31-14-4-2-5-15-31)50-30-33-16-6-7-17-34(33)32-22-23-38(42(47)28-32)45-41(47)25-24-36-35-18-8-11-21-40(35)48(46(36)45)26-12-3-13-27-48/h2,4,8-11,19-23,28-29,31,33-35,38,42-43,50H,3,5-7,12-18,24-27,30,49H2,1H3/b44-29-. The second kappa shape index (κ2) is 12.3. The Morgan fingerprint density at radius 2 is 1.76 bits per heavy atom. The molecule has 9 aliphatic rings. The van der Waals surface area contributed by atoms with Crippen LogP contribution >= 0.6 is 0 Å². The molecule has 260 valence electrons. The average molecular weight is 663 g/mol. The van der Waals surface area contributed by atoms with Gasteiger partial charge in [0, 0.05) is 46.7 Å². The van der Waals surface area contributed by atoms with Gasteiger partial charge in [0.2, 0.25) is 0 Å². The Bertz CT molecular complexity index is 1810. The van der Waals surface area contributed by atoms with E-state index in [1.54, 1.807) is 22.3 Å². The van der Waals surface area contributed by atoms with Crippen LogP contribution in [-0.4, -0.2) is 6.54 Å². The van der Waals surface area contributed by atoms with Crippen molar-refractivity contribution in [1.82, 2.24) is 5.32 Å². The zero-order chi connectivity index (χ0) is 33.5. The summed E-state index contributed by atoms with van der Waals surface area (Å²) in [6.07, 6.45) is 42.3. The highest BCUT2D eigenvalue weighted by Gasteiger charge is 2.59. The Kier molecular flexibility index (Phi) is 7.75. The van der Waals surface area contributed by atoms with Gasteiger partial charge >= 0.3 is 0 Å². The Morgan fingerprint density at radius 1 is 0.880 bits per heavy atom. The third-order valence-corrected chi connectivity index (χ3v) is 15.6. The van der Waals surface area contributed by atoms with Crippen molar-refractivity contribution in [2.24, 2.45) is 46.7 Å². The van der Waals surface area contributed by atoms with E-state index in [1.165, 1.54) is 107 Å². The molecule has 1 aromatic rings. The molecule has 1 aromatic carbocycles. The van der Waals surface area contributed by atoms with Crippen molar-refractivity contribution in [3.8, 4) is 0 Å². The molecule has 2 nitrogen and oxygen atoms in total. The van der Waals surface area contributed by atoms with Crippen LogP contribution in [0.1, 0.15) is 120 Å². The van der Waals surface area contributed by atoms with Crippen molar-refractivity contribution in [1.29, 1.82) is 0 Å². The van der Waals surface area contributed by atoms with Crippen LogP contribution in [0.5, 0.6) is 0 Å². The van der Waals surface area contributed by atoms with Crippen LogP contribution in [0.4, 0.5) is 0 Å². The molecule has 2 bridgehead atoms. The Balaban J connectivity index is 1.19. The van der Waals surface area contributed by atoms with Crippen LogP contribution in [-0.2, 0) is 5.41 Å². The van der Waals surface area contributed by atoms with E-state index in [0.717, 1.165) is 13.0 Å². The highest BCUT2D eigenvalue weighted by atomic mass is 14.9. The number of rotatable bonds is 1. The summed E-state index contributed by atoms with van der Waals surface area (Å²) in [6.45, 7) is 3.74. The van der Waals surface area contributed by atoms with Crippen LogP contribution in [0.15, 0.2) is 118 Å². The highest BCUT2D eigenvalue weighted by Crippen LogP contribution is 2.70. The number of nitrogens with two attached hydrogens (primary N) is 1. The second-order valence-electron chi connectivity index (χ2n) is 17.8. The van der Waals surface area contributed by atoms with Crippen molar-refractivity contribution in [3.05, 3.63) is 129 Å². The monoisotopic (exact) mass is 662 g/mol. The summed E-state index contributed by atoms with van der Waals surface area (Å²) >= 11 is 0. The summed E-state index contributed by atoms with van der Waals surface area (Å²) < 4.78 is 0. The van der Waals surface area contributed by atoms with E-state index in [4.69, 9.17) is 5.73 Å². The van der Waals surface area contributed by atoms with Gasteiger partial charge in [-0.25, -0.2) is 0 Å². The molecule has 3 N–H and O–H groups in total. The molecule has 8 unspecified atom stereocenters. The molecular formula is C48H58N2. The average Bonchev–Trinajstić information content (AvgIpc) is 3.59. The normalized spacial score (nSPS) is 39.3. The lowest BCUT2D eigenvalue weighted by molar-refractivity contribution is 0.263. The van der Waals surface area contributed by atoms with Gasteiger partial charge in [0.1, 0.15) is 0 Å². The predicted octanol–water partition coefficient (Wildman–Crippen LogP) is 11.2. The van der Waals surface area contributed by atoms with Crippen LogP contribution in [0.2, 0.25) is 0 Å². The van der Waals surface area contributed by atoms with Gasteiger partial charge in [-0.1, -0.05) is 129 Å². The zero-order valence-corrected chi connectivity index (χ0v) is 30.4. The molecule has 2 fully saturated rings. The topological polar surface area (TPSA) is 38.0 Å². The molecule has 0 amide bonds. The third-order valence-electron chi connectivity index (χ3n) is 15.6. The van der Waals surface area contributed by atoms with Crippen molar-refractivity contribution in [3.63, 3.8) is 0 Å². The van der Waals surface area contributed by atoms with Gasteiger partial charge in [-0.3, -0.25) is 0 Å². The van der Waals surface area contributed by atoms with Crippen LogP contribution in [0, 0.1) is 40.9 Å². The molecule has 2 heteroatoms. The Morgan fingerprint density at radius 3 is 2.64 bits per heavy atom. The molecule has 0 saturated heterocycles. The van der Waals surface area contributed by atoms with Gasteiger partial charge in [-0.05, 0) is 110 Å². The number of hydrogen-bond acceptors (Lipinski definition) is 2. The molecule has 2 saturated carbocycles. The zero-order valence-electron chi connectivity index (χ0n) is 30.4. The van der Waals surface area contributed by atoms with Gasteiger partial charge in [-0.15, -0.1) is 0 Å². The van der Waals surface area contributed by atoms with Gasteiger partial charge in [0.15, 0.2) is 0 Å². The summed E-state index contributed by atoms with van der Waals surface area (Å²) in [5, 5.41) is 4.10. The number of fused-ring (bicyclic) bond motifs is 11. The van der Waals surface area contributed by atoms with E-state index < -0.39 is 0 Å². The van der Waals surface area contributed by atoms with Crippen molar-refractivity contribution in [2.45, 2.75) is 115 Å². The van der Waals surface area contributed by atoms with E-state index in [9.17, 15) is 0 Å². The van der Waals surface area contributed by atoms with E-state index in [1.807, 2.05) is 11.1 Å². The largest absolute Gasteiger partial charge is 0.388 e. The minimum Gasteiger partial charge on any atom is -0.388 e.